The lowest BCUT2D eigenvalue weighted by molar-refractivity contribution is 0.795. The summed E-state index contributed by atoms with van der Waals surface area (Å²) in [6.07, 6.45) is 1.84. The molecule has 9 rings (SSSR count). The predicted octanol–water partition coefficient (Wildman–Crippen LogP) is 18.7. The molecular formula is C57H85N3. The summed E-state index contributed by atoms with van der Waals surface area (Å²) in [6.45, 7) is 40.6. The molecule has 0 N–H and O–H groups in total. The molecule has 0 aliphatic heterocycles. The van der Waals surface area contributed by atoms with Gasteiger partial charge in [0.1, 0.15) is 5.82 Å². The smallest absolute Gasteiger partial charge is 0.149 e. The monoisotopic (exact) mass is 812 g/mol. The molecule has 5 aromatic carbocycles. The van der Waals surface area contributed by atoms with Crippen LogP contribution in [0.2, 0.25) is 0 Å². The van der Waals surface area contributed by atoms with Gasteiger partial charge >= 0.3 is 0 Å². The second-order valence-corrected chi connectivity index (χ2v) is 11.0. The SMILES string of the molecule is CC.CC.CC.CC.CC.CC.CC.CC.CC.CC.c1ccc2c(c1)Cc1cc(-c3nc(Cn4c5ccccc5c5ccccc54)nc4c3Cc3ccccc3-4)ccc1-2. The number of para-hydroxylation sites is 2. The molecule has 0 radical (unpaired) electrons. The topological polar surface area (TPSA) is 30.7 Å². The summed E-state index contributed by atoms with van der Waals surface area (Å²) >= 11 is 0. The van der Waals surface area contributed by atoms with Crippen molar-refractivity contribution in [3.8, 4) is 33.6 Å². The molecule has 2 heterocycles. The Kier molecular flexibility index (Phi) is 32.1. The van der Waals surface area contributed by atoms with Crippen molar-refractivity contribution in [3.63, 3.8) is 0 Å². The lowest BCUT2D eigenvalue weighted by Crippen LogP contribution is -2.07. The maximum Gasteiger partial charge on any atom is 0.149 e. The van der Waals surface area contributed by atoms with E-state index in [-0.39, 0.29) is 0 Å². The third-order valence-electron chi connectivity index (χ3n) is 8.74. The molecule has 0 bridgehead atoms. The van der Waals surface area contributed by atoms with E-state index in [1.165, 1.54) is 66.3 Å². The van der Waals surface area contributed by atoms with Gasteiger partial charge in [0.15, 0.2) is 0 Å². The molecule has 2 aliphatic carbocycles. The highest BCUT2D eigenvalue weighted by Gasteiger charge is 2.27. The molecule has 0 unspecified atom stereocenters. The molecule has 0 spiro atoms. The Balaban J connectivity index is 0. The molecule has 2 aliphatic rings. The molecule has 3 nitrogen and oxygen atoms in total. The molecule has 3 heteroatoms. The summed E-state index contributed by atoms with van der Waals surface area (Å²) in [5, 5.41) is 2.53. The number of benzene rings is 5. The summed E-state index contributed by atoms with van der Waals surface area (Å²) in [5.41, 5.74) is 15.0. The fraction of sp³-hybridized carbons (Fsp3) is 0.404. The van der Waals surface area contributed by atoms with E-state index in [4.69, 9.17) is 9.97 Å². The van der Waals surface area contributed by atoms with Gasteiger partial charge in [0, 0.05) is 44.9 Å². The van der Waals surface area contributed by atoms with Crippen molar-refractivity contribution in [1.82, 2.24) is 14.5 Å². The molecule has 0 atom stereocenters. The van der Waals surface area contributed by atoms with Gasteiger partial charge in [0.05, 0.1) is 17.9 Å². The van der Waals surface area contributed by atoms with E-state index in [2.05, 4.69) is 120 Å². The maximum atomic E-state index is 5.33. The van der Waals surface area contributed by atoms with Crippen molar-refractivity contribution in [3.05, 3.63) is 143 Å². The van der Waals surface area contributed by atoms with Gasteiger partial charge in [-0.05, 0) is 52.4 Å². The van der Waals surface area contributed by atoms with Crippen LogP contribution >= 0.6 is 0 Å². The summed E-state index contributed by atoms with van der Waals surface area (Å²) in [5.74, 6) is 0.848. The van der Waals surface area contributed by atoms with E-state index < -0.39 is 0 Å². The second kappa shape index (κ2) is 33.8. The average Bonchev–Trinajstić information content (AvgIpc) is 4.05. The molecular weight excluding hydrogens is 727 g/mol. The minimum atomic E-state index is 0.618. The van der Waals surface area contributed by atoms with Gasteiger partial charge < -0.3 is 4.57 Å². The zero-order chi connectivity index (χ0) is 46.2. The van der Waals surface area contributed by atoms with Crippen LogP contribution in [0.4, 0.5) is 0 Å². The van der Waals surface area contributed by atoms with Gasteiger partial charge in [-0.2, -0.15) is 0 Å². The summed E-state index contributed by atoms with van der Waals surface area (Å²) in [7, 11) is 0. The van der Waals surface area contributed by atoms with Crippen molar-refractivity contribution in [2.45, 2.75) is 158 Å². The highest BCUT2D eigenvalue weighted by Crippen LogP contribution is 2.43. The number of nitrogens with zero attached hydrogens (tertiary/aromatic N) is 3. The summed E-state index contributed by atoms with van der Waals surface area (Å²) in [4.78, 5) is 10.6. The van der Waals surface area contributed by atoms with E-state index in [0.717, 1.165) is 30.1 Å². The Morgan fingerprint density at radius 1 is 0.383 bits per heavy atom. The van der Waals surface area contributed by atoms with Crippen molar-refractivity contribution in [1.29, 1.82) is 0 Å². The van der Waals surface area contributed by atoms with Crippen LogP contribution < -0.4 is 0 Å². The largest absolute Gasteiger partial charge is 0.333 e. The molecule has 2 aromatic heterocycles. The van der Waals surface area contributed by atoms with Crippen molar-refractivity contribution >= 4 is 21.8 Å². The minimum absolute atomic E-state index is 0.618. The lowest BCUT2D eigenvalue weighted by atomic mass is 9.98. The first-order chi connectivity index (χ1) is 29.8. The fourth-order valence-electron chi connectivity index (χ4n) is 6.93. The molecule has 328 valence electrons. The number of rotatable bonds is 3. The van der Waals surface area contributed by atoms with Crippen molar-refractivity contribution < 1.29 is 0 Å². The average molecular weight is 812 g/mol. The maximum absolute atomic E-state index is 5.33. The lowest BCUT2D eigenvalue weighted by Gasteiger charge is -2.14. The van der Waals surface area contributed by atoms with Gasteiger partial charge in [-0.15, -0.1) is 0 Å². The highest BCUT2D eigenvalue weighted by molar-refractivity contribution is 6.08. The van der Waals surface area contributed by atoms with E-state index in [0.29, 0.717) is 6.54 Å². The Morgan fingerprint density at radius 3 is 1.30 bits per heavy atom. The standard InChI is InChI=1S/C37H25N3.10C2H6/c1-3-11-27-23(9-1)19-26-20-25(17-18-28(26)27)36-32-21-24-10-2-4-12-29(24)37(32)39-35(38-36)22-40-33-15-7-5-13-30(33)31-14-6-8-16-34(31)40;10*1-2/h1-18,20H,19,21-22H2;10*1-2H3. The predicted molar refractivity (Wildman–Crippen MR) is 276 cm³/mol. The molecule has 7 aromatic rings. The molecule has 0 amide bonds. The zero-order valence-corrected chi connectivity index (χ0v) is 41.9. The van der Waals surface area contributed by atoms with Gasteiger partial charge in [-0.1, -0.05) is 236 Å². The van der Waals surface area contributed by atoms with Crippen LogP contribution in [0.3, 0.4) is 0 Å². The highest BCUT2D eigenvalue weighted by atomic mass is 15.0. The third-order valence-corrected chi connectivity index (χ3v) is 8.74. The normalized spacial score (nSPS) is 9.60. The molecule has 0 saturated heterocycles. The van der Waals surface area contributed by atoms with E-state index in [1.54, 1.807) is 0 Å². The number of hydrogen-bond acceptors (Lipinski definition) is 2. The number of fused-ring (bicyclic) bond motifs is 9. The van der Waals surface area contributed by atoms with Crippen LogP contribution in [0.5, 0.6) is 0 Å². The quantitative estimate of drug-likeness (QED) is 0.178. The summed E-state index contributed by atoms with van der Waals surface area (Å²) in [6, 6.07) is 41.7. The molecule has 0 saturated carbocycles. The Bertz CT molecular complexity index is 2100. The minimum Gasteiger partial charge on any atom is -0.333 e. The van der Waals surface area contributed by atoms with Gasteiger partial charge in [-0.25, -0.2) is 9.97 Å². The number of hydrogen-bond donors (Lipinski definition) is 0. The van der Waals surface area contributed by atoms with Crippen LogP contribution in [0.25, 0.3) is 55.4 Å². The van der Waals surface area contributed by atoms with Crippen LogP contribution in [-0.4, -0.2) is 14.5 Å². The van der Waals surface area contributed by atoms with E-state index in [9.17, 15) is 0 Å². The van der Waals surface area contributed by atoms with Crippen LogP contribution in [0.1, 0.15) is 167 Å². The third kappa shape index (κ3) is 13.2. The fourth-order valence-corrected chi connectivity index (χ4v) is 6.93. The van der Waals surface area contributed by atoms with Crippen LogP contribution in [0.15, 0.2) is 115 Å². The Labute approximate surface area is 369 Å². The first-order valence-corrected chi connectivity index (χ1v) is 24.0. The van der Waals surface area contributed by atoms with Crippen molar-refractivity contribution in [2.24, 2.45) is 0 Å². The van der Waals surface area contributed by atoms with Crippen LogP contribution in [-0.2, 0) is 19.4 Å². The van der Waals surface area contributed by atoms with Gasteiger partial charge in [0.25, 0.3) is 0 Å². The van der Waals surface area contributed by atoms with Gasteiger partial charge in [-0.3, -0.25) is 0 Å². The Morgan fingerprint density at radius 2 is 0.783 bits per heavy atom. The number of aromatic nitrogens is 3. The zero-order valence-electron chi connectivity index (χ0n) is 41.9. The Hall–Kier alpha value is -5.02. The summed E-state index contributed by atoms with van der Waals surface area (Å²) < 4.78 is 2.37. The van der Waals surface area contributed by atoms with Crippen LogP contribution in [0, 0.1) is 0 Å². The second-order valence-electron chi connectivity index (χ2n) is 11.0. The molecule has 60 heavy (non-hydrogen) atoms. The first kappa shape index (κ1) is 57.1. The van der Waals surface area contributed by atoms with E-state index >= 15 is 0 Å². The van der Waals surface area contributed by atoms with E-state index in [1.807, 2.05) is 138 Å². The van der Waals surface area contributed by atoms with Crippen molar-refractivity contribution in [2.75, 3.05) is 0 Å². The van der Waals surface area contributed by atoms with Gasteiger partial charge in [0.2, 0.25) is 0 Å². The first-order valence-electron chi connectivity index (χ1n) is 24.0. The molecule has 0 fully saturated rings.